The highest BCUT2D eigenvalue weighted by Gasteiger charge is 2.35. The van der Waals surface area contributed by atoms with E-state index in [1.54, 1.807) is 7.11 Å². The van der Waals surface area contributed by atoms with E-state index >= 15 is 0 Å². The molecule has 43 heavy (non-hydrogen) atoms. The van der Waals surface area contributed by atoms with Crippen molar-refractivity contribution in [2.75, 3.05) is 7.11 Å². The molecule has 2 N–H and O–H groups in total. The zero-order valence-corrected chi connectivity index (χ0v) is 23.4. The van der Waals surface area contributed by atoms with E-state index in [2.05, 4.69) is 20.3 Å². The van der Waals surface area contributed by atoms with Crippen LogP contribution in [0.15, 0.2) is 41.5 Å². The molecule has 226 valence electrons. The first-order valence-corrected chi connectivity index (χ1v) is 13.5. The maximum atomic E-state index is 14.2. The van der Waals surface area contributed by atoms with Crippen LogP contribution in [0.4, 0.5) is 22.0 Å². The van der Waals surface area contributed by atoms with Crippen LogP contribution in [0, 0.1) is 25.5 Å². The third-order valence-electron chi connectivity index (χ3n) is 7.65. The fraction of sp³-hybridized carbons (Fsp3) is 0.333. The standard InChI is InChI=1S/C30H27F5N4O4/c1-14-16(30(33,34)35)13-37-29(43-22-9-8-17(31)26(32)15(22)2)24(14)20-12-21(40)25-19(38-20)10-11-36-27(25)28(41)39-18-6-4-5-7-23(18)42-3/h8-13,18,23H,4-7H2,1-3H3,(H,38,40)(H,39,41). The number of H-pyrrole nitrogens is 1. The number of halogens is 5. The van der Waals surface area contributed by atoms with Crippen molar-refractivity contribution in [3.05, 3.63) is 80.9 Å². The molecular weight excluding hydrogens is 575 g/mol. The van der Waals surface area contributed by atoms with Crippen molar-refractivity contribution in [1.29, 1.82) is 0 Å². The zero-order chi connectivity index (χ0) is 31.1. The Hall–Kier alpha value is -4.39. The fourth-order valence-corrected chi connectivity index (χ4v) is 5.40. The Kier molecular flexibility index (Phi) is 8.19. The number of methoxy groups -OCH3 is 1. The fourth-order valence-electron chi connectivity index (χ4n) is 5.40. The molecule has 1 fully saturated rings. The first kappa shape index (κ1) is 30.1. The highest BCUT2D eigenvalue weighted by atomic mass is 19.4. The molecule has 3 heterocycles. The molecule has 0 aliphatic heterocycles. The second kappa shape index (κ2) is 11.7. The predicted octanol–water partition coefficient (Wildman–Crippen LogP) is 6.38. The first-order valence-electron chi connectivity index (χ1n) is 13.5. The minimum absolute atomic E-state index is 0.0648. The Labute approximate surface area is 242 Å². The number of hydrogen-bond acceptors (Lipinski definition) is 6. The van der Waals surface area contributed by atoms with Gasteiger partial charge in [-0.3, -0.25) is 14.6 Å². The Morgan fingerprint density at radius 1 is 1.07 bits per heavy atom. The SMILES string of the molecule is COC1CCCCC1NC(=O)c1nccc2[nH]c(-c3c(Oc4ccc(F)c(F)c4C)ncc(C(F)(F)F)c3C)cc(=O)c12. The summed E-state index contributed by atoms with van der Waals surface area (Å²) >= 11 is 0. The Morgan fingerprint density at radius 3 is 2.53 bits per heavy atom. The van der Waals surface area contributed by atoms with Crippen molar-refractivity contribution >= 4 is 16.8 Å². The van der Waals surface area contributed by atoms with Crippen LogP contribution in [0.5, 0.6) is 11.6 Å². The summed E-state index contributed by atoms with van der Waals surface area (Å²) in [6.45, 7) is 2.42. The van der Waals surface area contributed by atoms with Crippen molar-refractivity contribution in [3.8, 4) is 22.9 Å². The average Bonchev–Trinajstić information content (AvgIpc) is 2.96. The minimum Gasteiger partial charge on any atom is -0.438 e. The second-order valence-corrected chi connectivity index (χ2v) is 10.3. The quantitative estimate of drug-likeness (QED) is 0.248. The normalized spacial score (nSPS) is 17.2. The molecule has 1 aliphatic rings. The van der Waals surface area contributed by atoms with Crippen LogP contribution in [0.1, 0.15) is 52.9 Å². The lowest BCUT2D eigenvalue weighted by molar-refractivity contribution is -0.138. The number of carbonyl (C=O) groups excluding carboxylic acids is 1. The Morgan fingerprint density at radius 2 is 1.81 bits per heavy atom. The van der Waals surface area contributed by atoms with Crippen LogP contribution in [-0.4, -0.2) is 40.1 Å². The van der Waals surface area contributed by atoms with Gasteiger partial charge < -0.3 is 19.8 Å². The molecule has 4 aromatic rings. The molecule has 2 unspecified atom stereocenters. The lowest BCUT2D eigenvalue weighted by Crippen LogP contribution is -2.46. The van der Waals surface area contributed by atoms with Crippen molar-refractivity contribution in [2.45, 2.75) is 57.9 Å². The number of benzene rings is 1. The number of nitrogens with one attached hydrogen (secondary N) is 2. The minimum atomic E-state index is -4.80. The van der Waals surface area contributed by atoms with Crippen LogP contribution < -0.4 is 15.5 Å². The molecular formula is C30H27F5N4O4. The highest BCUT2D eigenvalue weighted by molar-refractivity contribution is 6.04. The number of ether oxygens (including phenoxy) is 2. The van der Waals surface area contributed by atoms with E-state index in [0.717, 1.165) is 37.5 Å². The van der Waals surface area contributed by atoms with E-state index in [-0.39, 0.29) is 62.8 Å². The van der Waals surface area contributed by atoms with E-state index in [1.165, 1.54) is 26.1 Å². The molecule has 8 nitrogen and oxygen atoms in total. The van der Waals surface area contributed by atoms with Gasteiger partial charge in [0, 0.05) is 31.1 Å². The monoisotopic (exact) mass is 602 g/mol. The summed E-state index contributed by atoms with van der Waals surface area (Å²) in [6.07, 6.45) is 0.198. The number of carbonyl (C=O) groups is 1. The van der Waals surface area contributed by atoms with Gasteiger partial charge in [0.05, 0.1) is 39.9 Å². The third kappa shape index (κ3) is 5.81. The van der Waals surface area contributed by atoms with Crippen molar-refractivity contribution in [1.82, 2.24) is 20.3 Å². The van der Waals surface area contributed by atoms with Gasteiger partial charge in [0.25, 0.3) is 5.91 Å². The van der Waals surface area contributed by atoms with Crippen molar-refractivity contribution in [2.24, 2.45) is 0 Å². The van der Waals surface area contributed by atoms with Crippen LogP contribution in [-0.2, 0) is 10.9 Å². The number of pyridine rings is 3. The van der Waals surface area contributed by atoms with E-state index in [4.69, 9.17) is 9.47 Å². The Balaban J connectivity index is 1.62. The molecule has 0 saturated heterocycles. The van der Waals surface area contributed by atoms with Crippen LogP contribution in [0.25, 0.3) is 22.2 Å². The summed E-state index contributed by atoms with van der Waals surface area (Å²) in [5.41, 5.74) is -2.71. The van der Waals surface area contributed by atoms with Crippen LogP contribution in [0.3, 0.4) is 0 Å². The van der Waals surface area contributed by atoms with E-state index in [0.29, 0.717) is 12.6 Å². The first-order chi connectivity index (χ1) is 20.4. The Bertz CT molecular complexity index is 1770. The van der Waals surface area contributed by atoms with E-state index in [1.807, 2.05) is 0 Å². The average molecular weight is 603 g/mol. The summed E-state index contributed by atoms with van der Waals surface area (Å²) < 4.78 is 80.7. The molecule has 13 heteroatoms. The van der Waals surface area contributed by atoms with E-state index < -0.39 is 34.7 Å². The molecule has 3 aromatic heterocycles. The number of amides is 1. The predicted molar refractivity (Wildman–Crippen MR) is 147 cm³/mol. The number of hydrogen-bond donors (Lipinski definition) is 2. The number of aromatic nitrogens is 3. The lowest BCUT2D eigenvalue weighted by Gasteiger charge is -2.30. The molecule has 1 saturated carbocycles. The third-order valence-corrected chi connectivity index (χ3v) is 7.65. The molecule has 2 atom stereocenters. The molecule has 0 bridgehead atoms. The van der Waals surface area contributed by atoms with Gasteiger partial charge in [0.15, 0.2) is 17.1 Å². The van der Waals surface area contributed by atoms with E-state index in [9.17, 15) is 31.5 Å². The highest BCUT2D eigenvalue weighted by Crippen LogP contribution is 2.41. The number of rotatable bonds is 6. The summed E-state index contributed by atoms with van der Waals surface area (Å²) in [4.78, 5) is 37.6. The number of alkyl halides is 3. The molecule has 1 aliphatic carbocycles. The van der Waals surface area contributed by atoms with Gasteiger partial charge in [-0.15, -0.1) is 0 Å². The van der Waals surface area contributed by atoms with Gasteiger partial charge in [-0.25, -0.2) is 13.8 Å². The summed E-state index contributed by atoms with van der Waals surface area (Å²) in [5, 5.41) is 2.83. The topological polar surface area (TPSA) is 106 Å². The summed E-state index contributed by atoms with van der Waals surface area (Å²) in [7, 11) is 1.56. The van der Waals surface area contributed by atoms with Gasteiger partial charge >= 0.3 is 6.18 Å². The van der Waals surface area contributed by atoms with Gasteiger partial charge in [0.1, 0.15) is 11.4 Å². The smallest absolute Gasteiger partial charge is 0.418 e. The van der Waals surface area contributed by atoms with Gasteiger partial charge in [-0.2, -0.15) is 13.2 Å². The van der Waals surface area contributed by atoms with Gasteiger partial charge in [-0.05, 0) is 50.5 Å². The zero-order valence-electron chi connectivity index (χ0n) is 23.4. The largest absolute Gasteiger partial charge is 0.438 e. The molecule has 0 radical (unpaired) electrons. The number of fused-ring (bicyclic) bond motifs is 1. The number of aromatic amines is 1. The maximum Gasteiger partial charge on any atom is 0.418 e. The lowest BCUT2D eigenvalue weighted by atomic mass is 9.92. The summed E-state index contributed by atoms with van der Waals surface area (Å²) in [5.74, 6) is -3.48. The van der Waals surface area contributed by atoms with Crippen LogP contribution >= 0.6 is 0 Å². The van der Waals surface area contributed by atoms with Gasteiger partial charge in [-0.1, -0.05) is 12.8 Å². The summed E-state index contributed by atoms with van der Waals surface area (Å²) in [6, 6.07) is 4.08. The van der Waals surface area contributed by atoms with Crippen LogP contribution in [0.2, 0.25) is 0 Å². The second-order valence-electron chi connectivity index (χ2n) is 10.3. The molecule has 0 spiro atoms. The maximum absolute atomic E-state index is 14.2. The molecule has 1 amide bonds. The van der Waals surface area contributed by atoms with Crippen molar-refractivity contribution < 1.29 is 36.2 Å². The van der Waals surface area contributed by atoms with Gasteiger partial charge in [0.2, 0.25) is 5.88 Å². The molecule has 5 rings (SSSR count). The number of nitrogens with zero attached hydrogens (tertiary/aromatic N) is 2. The van der Waals surface area contributed by atoms with Crippen molar-refractivity contribution in [3.63, 3.8) is 0 Å². The molecule has 1 aromatic carbocycles.